The first-order valence-corrected chi connectivity index (χ1v) is 17.3. The van der Waals surface area contributed by atoms with Gasteiger partial charge in [-0.2, -0.15) is 8.42 Å². The van der Waals surface area contributed by atoms with Crippen molar-refractivity contribution in [2.24, 2.45) is 5.41 Å². The van der Waals surface area contributed by atoms with E-state index in [2.05, 4.69) is 10.3 Å². The maximum absolute atomic E-state index is 13.3. The first-order chi connectivity index (χ1) is 20.1. The molecule has 0 radical (unpaired) electrons. The molecule has 1 amide bonds. The van der Waals surface area contributed by atoms with E-state index >= 15 is 0 Å². The number of nitrogens with zero attached hydrogens (tertiary/aromatic N) is 4. The Balaban J connectivity index is 2.58. The lowest BCUT2D eigenvalue weighted by atomic mass is 9.87. The molecule has 0 fully saturated rings. The second-order valence-corrected chi connectivity index (χ2v) is 15.6. The monoisotopic (exact) mass is 646 g/mol. The molecular weight excluding hydrogens is 588 g/mol. The van der Waals surface area contributed by atoms with E-state index in [1.165, 1.54) is 4.90 Å². The number of ketones is 1. The maximum atomic E-state index is 13.3. The Hall–Kier alpha value is -1.93. The zero-order valence-electron chi connectivity index (χ0n) is 28.8. The van der Waals surface area contributed by atoms with Crippen LogP contribution in [-0.2, 0) is 46.9 Å². The van der Waals surface area contributed by atoms with Crippen molar-refractivity contribution in [1.29, 1.82) is 0 Å². The minimum absolute atomic E-state index is 0.0428. The van der Waals surface area contributed by atoms with E-state index in [1.54, 1.807) is 4.68 Å². The lowest BCUT2D eigenvalue weighted by Gasteiger charge is -2.33. The third-order valence-electron chi connectivity index (χ3n) is 7.32. The Morgan fingerprint density at radius 3 is 2.16 bits per heavy atom. The largest absolute Gasteiger partial charge is 0.375 e. The van der Waals surface area contributed by atoms with E-state index in [9.17, 15) is 18.0 Å². The van der Waals surface area contributed by atoms with Crippen LogP contribution in [-0.4, -0.2) is 100 Å². The Labute approximate surface area is 265 Å². The van der Waals surface area contributed by atoms with Gasteiger partial charge in [-0.15, -0.1) is 5.10 Å². The molecule has 44 heavy (non-hydrogen) atoms. The van der Waals surface area contributed by atoms with Gasteiger partial charge in [0, 0.05) is 50.6 Å². The second-order valence-electron chi connectivity index (χ2n) is 14.0. The number of hydrogen-bond donors (Lipinski definition) is 1. The van der Waals surface area contributed by atoms with Crippen molar-refractivity contribution in [3.05, 3.63) is 11.9 Å². The summed E-state index contributed by atoms with van der Waals surface area (Å²) in [6, 6.07) is 0. The third-order valence-corrected chi connectivity index (χ3v) is 8.02. The summed E-state index contributed by atoms with van der Waals surface area (Å²) in [6.45, 7) is 21.2. The number of ether oxygens (including phenoxy) is 3. The summed E-state index contributed by atoms with van der Waals surface area (Å²) in [7, 11) is -4.16. The van der Waals surface area contributed by atoms with E-state index in [-0.39, 0.29) is 18.2 Å². The molecule has 1 heterocycles. The quantitative estimate of drug-likeness (QED) is 0.168. The summed E-state index contributed by atoms with van der Waals surface area (Å²) in [5.41, 5.74) is -1.64. The fourth-order valence-electron chi connectivity index (χ4n) is 4.50. The van der Waals surface area contributed by atoms with Gasteiger partial charge in [0.1, 0.15) is 5.78 Å². The topological polar surface area (TPSA) is 150 Å². The molecule has 0 saturated heterocycles. The summed E-state index contributed by atoms with van der Waals surface area (Å²) in [6.07, 6.45) is 5.30. The highest BCUT2D eigenvalue weighted by Gasteiger charge is 2.33. The maximum Gasteiger partial charge on any atom is 0.266 e. The predicted octanol–water partition coefficient (Wildman–Crippen LogP) is 4.51. The van der Waals surface area contributed by atoms with Crippen molar-refractivity contribution >= 4 is 21.8 Å². The zero-order chi connectivity index (χ0) is 33.8. The van der Waals surface area contributed by atoms with Crippen molar-refractivity contribution in [1.82, 2.24) is 19.9 Å². The van der Waals surface area contributed by atoms with Crippen LogP contribution < -0.4 is 0 Å². The molecule has 1 rings (SSSR count). The highest BCUT2D eigenvalue weighted by atomic mass is 32.2. The lowest BCUT2D eigenvalue weighted by Crippen LogP contribution is -2.44. The van der Waals surface area contributed by atoms with Crippen LogP contribution in [0.2, 0.25) is 0 Å². The number of rotatable bonds is 23. The normalized spacial score (nSPS) is 13.3. The Bertz CT molecular complexity index is 1150. The number of amides is 1. The highest BCUT2D eigenvalue weighted by Crippen LogP contribution is 2.26. The molecule has 12 nitrogen and oxygen atoms in total. The summed E-state index contributed by atoms with van der Waals surface area (Å²) in [5, 5.41) is 8.51. The molecule has 1 aromatic rings. The van der Waals surface area contributed by atoms with Gasteiger partial charge in [-0.3, -0.25) is 14.1 Å². The zero-order valence-corrected chi connectivity index (χ0v) is 29.6. The fraction of sp³-hybridized carbons (Fsp3) is 0.871. The van der Waals surface area contributed by atoms with Gasteiger partial charge in [0.25, 0.3) is 10.1 Å². The molecule has 13 heteroatoms. The van der Waals surface area contributed by atoms with E-state index in [1.807, 2.05) is 75.4 Å². The van der Waals surface area contributed by atoms with Gasteiger partial charge >= 0.3 is 0 Å². The van der Waals surface area contributed by atoms with Gasteiger partial charge in [-0.25, -0.2) is 4.68 Å². The highest BCUT2D eigenvalue weighted by molar-refractivity contribution is 7.85. The molecular formula is C31H58N4O8S. The third kappa shape index (κ3) is 16.4. The van der Waals surface area contributed by atoms with Crippen LogP contribution in [0.5, 0.6) is 0 Å². The molecule has 0 spiro atoms. The van der Waals surface area contributed by atoms with Gasteiger partial charge < -0.3 is 19.1 Å². The molecule has 0 aliphatic heterocycles. The van der Waals surface area contributed by atoms with Crippen LogP contribution in [0.4, 0.5) is 0 Å². The second kappa shape index (κ2) is 17.1. The van der Waals surface area contributed by atoms with Crippen molar-refractivity contribution < 1.29 is 36.8 Å². The number of carbonyl (C=O) groups excluding carboxylic acids is 2. The average molecular weight is 647 g/mol. The van der Waals surface area contributed by atoms with Gasteiger partial charge in [-0.05, 0) is 54.4 Å². The summed E-state index contributed by atoms with van der Waals surface area (Å²) in [4.78, 5) is 26.6. The summed E-state index contributed by atoms with van der Waals surface area (Å²) < 4.78 is 51.6. The first kappa shape index (κ1) is 40.1. The van der Waals surface area contributed by atoms with Crippen LogP contribution in [0, 0.1) is 5.41 Å². The van der Waals surface area contributed by atoms with Crippen LogP contribution in [0.3, 0.4) is 0 Å². The number of hydrogen-bond acceptors (Lipinski definition) is 9. The van der Waals surface area contributed by atoms with Gasteiger partial charge in [-0.1, -0.05) is 39.3 Å². The smallest absolute Gasteiger partial charge is 0.266 e. The number of carbonyl (C=O) groups is 2. The lowest BCUT2D eigenvalue weighted by molar-refractivity contribution is -0.142. The Kier molecular flexibility index (Phi) is 15.6. The van der Waals surface area contributed by atoms with Gasteiger partial charge in [0.15, 0.2) is 0 Å². The first-order valence-electron chi connectivity index (χ1n) is 15.7. The molecule has 0 atom stereocenters. The molecule has 0 aliphatic rings. The SMILES string of the molecule is CCCCN(CCS(=O)(=O)O)C(=O)C(C)(C)CCOC(C)(C)Cc1cn(CCOC(C)(C)COC(C)(C)CC(=O)CC)nn1. The predicted molar refractivity (Wildman–Crippen MR) is 170 cm³/mol. The van der Waals surface area contributed by atoms with E-state index < -0.39 is 38.1 Å². The molecule has 256 valence electrons. The van der Waals surface area contributed by atoms with Crippen LogP contribution in [0.25, 0.3) is 0 Å². The van der Waals surface area contributed by atoms with Gasteiger partial charge in [0.2, 0.25) is 5.91 Å². The molecule has 1 aromatic heterocycles. The minimum Gasteiger partial charge on any atom is -0.375 e. The van der Waals surface area contributed by atoms with Gasteiger partial charge in [0.05, 0.1) is 48.0 Å². The molecule has 0 aromatic carbocycles. The van der Waals surface area contributed by atoms with Crippen molar-refractivity contribution in [2.45, 2.75) is 131 Å². The van der Waals surface area contributed by atoms with E-state index in [0.717, 1.165) is 18.5 Å². The average Bonchev–Trinajstić information content (AvgIpc) is 3.32. The van der Waals surface area contributed by atoms with Crippen molar-refractivity contribution in [3.8, 4) is 0 Å². The molecule has 0 saturated carbocycles. The van der Waals surface area contributed by atoms with Crippen molar-refractivity contribution in [2.75, 3.05) is 38.7 Å². The number of unbranched alkanes of at least 4 members (excludes halogenated alkanes) is 1. The molecule has 0 aliphatic carbocycles. The molecule has 1 N–H and O–H groups in total. The Morgan fingerprint density at radius 2 is 1.57 bits per heavy atom. The number of aromatic nitrogens is 3. The summed E-state index contributed by atoms with van der Waals surface area (Å²) in [5.74, 6) is -0.475. The summed E-state index contributed by atoms with van der Waals surface area (Å²) >= 11 is 0. The van der Waals surface area contributed by atoms with E-state index in [0.29, 0.717) is 58.6 Å². The van der Waals surface area contributed by atoms with Crippen LogP contribution >= 0.6 is 0 Å². The van der Waals surface area contributed by atoms with Crippen LogP contribution in [0.15, 0.2) is 6.20 Å². The fourth-order valence-corrected chi connectivity index (χ4v) is 4.95. The molecule has 0 unspecified atom stereocenters. The van der Waals surface area contributed by atoms with E-state index in [4.69, 9.17) is 18.8 Å². The minimum atomic E-state index is -4.16. The molecule has 0 bridgehead atoms. The Morgan fingerprint density at radius 1 is 0.932 bits per heavy atom. The number of Topliss-reactive ketones (excluding diaryl/α,β-unsaturated/α-hetero) is 1. The van der Waals surface area contributed by atoms with Crippen LogP contribution in [0.1, 0.15) is 107 Å². The van der Waals surface area contributed by atoms with Crippen molar-refractivity contribution in [3.63, 3.8) is 0 Å². The standard InChI is InChI=1S/C31H58N4O8S/c1-11-13-15-34(17-20-44(38,39)40)27(37)28(3,4)14-18-41-29(5,6)21-25-23-35(33-32-25)16-19-42-31(9,10)24-43-30(7,8)22-26(36)12-2/h23H,11-22,24H2,1-10H3,(H,38,39,40).